The molecule has 0 rings (SSSR count). The van der Waals surface area contributed by atoms with E-state index in [1.165, 1.54) is 51.0 Å². The Hall–Kier alpha value is -0.310. The van der Waals surface area contributed by atoms with Crippen LogP contribution in [0.5, 0.6) is 0 Å². The first-order chi connectivity index (χ1) is 7.77. The van der Waals surface area contributed by atoms with Gasteiger partial charge in [-0.2, -0.15) is 0 Å². The van der Waals surface area contributed by atoms with Crippen molar-refractivity contribution in [1.82, 2.24) is 0 Å². The van der Waals surface area contributed by atoms with E-state index in [4.69, 9.17) is 5.11 Å². The highest BCUT2D eigenvalue weighted by atomic mass is 79.9. The number of halogens is 1. The summed E-state index contributed by atoms with van der Waals surface area (Å²) in [5.74, 6) is -0.841. The Balaban J connectivity index is 3.01. The average Bonchev–Trinajstić information content (AvgIpc) is 2.25. The summed E-state index contributed by atoms with van der Waals surface area (Å²) in [5, 5.41) is 9.49. The number of rotatable bonds is 11. The number of aliphatic carboxylic acids is 1. The molecule has 0 spiro atoms. The molecule has 0 saturated heterocycles. The maximum absolute atomic E-state index is 10.2. The fourth-order valence-corrected chi connectivity index (χ4v) is 2.00. The van der Waals surface area contributed by atoms with Gasteiger partial charge in [-0.25, -0.2) is 4.79 Å². The van der Waals surface area contributed by atoms with E-state index in [0.717, 1.165) is 18.2 Å². The Morgan fingerprint density at radius 2 is 1.44 bits per heavy atom. The largest absolute Gasteiger partial charge is 0.478 e. The number of carboxylic acids is 1. The molecule has 0 radical (unpaired) electrons. The fraction of sp³-hybridized carbons (Fsp3) is 0.769. The summed E-state index contributed by atoms with van der Waals surface area (Å²) in [6.07, 6.45) is 14.2. The van der Waals surface area contributed by atoms with E-state index in [1.807, 2.05) is 0 Å². The minimum absolute atomic E-state index is 0.841. The van der Waals surface area contributed by atoms with Gasteiger partial charge in [0.15, 0.2) is 0 Å². The van der Waals surface area contributed by atoms with Crippen LogP contribution in [0.2, 0.25) is 0 Å². The van der Waals surface area contributed by atoms with Crippen LogP contribution in [0.3, 0.4) is 0 Å². The third-order valence-corrected chi connectivity index (χ3v) is 3.08. The van der Waals surface area contributed by atoms with Crippen LogP contribution >= 0.6 is 15.9 Å². The lowest BCUT2D eigenvalue weighted by molar-refractivity contribution is -0.131. The standard InChI is InChI=1S/C13H23BrO2/c14-12-10-8-6-4-2-1-3-5-7-9-11-13(15)16/h9,11H,1-8,10,12H2,(H,15,16). The van der Waals surface area contributed by atoms with Crippen molar-refractivity contribution in [2.75, 3.05) is 5.33 Å². The Kier molecular flexibility index (Phi) is 12.5. The van der Waals surface area contributed by atoms with Crippen LogP contribution in [0, 0.1) is 0 Å². The maximum atomic E-state index is 10.2. The second kappa shape index (κ2) is 12.8. The minimum atomic E-state index is -0.841. The predicted octanol–water partition coefficient (Wildman–Crippen LogP) is 4.53. The Bertz CT molecular complexity index is 190. The van der Waals surface area contributed by atoms with E-state index in [0.29, 0.717) is 0 Å². The van der Waals surface area contributed by atoms with Crippen molar-refractivity contribution in [3.8, 4) is 0 Å². The quantitative estimate of drug-likeness (QED) is 0.345. The van der Waals surface area contributed by atoms with Crippen molar-refractivity contribution in [2.24, 2.45) is 0 Å². The summed E-state index contributed by atoms with van der Waals surface area (Å²) < 4.78 is 0. The van der Waals surface area contributed by atoms with Gasteiger partial charge >= 0.3 is 5.97 Å². The van der Waals surface area contributed by atoms with Crippen molar-refractivity contribution >= 4 is 21.9 Å². The number of hydrogen-bond donors (Lipinski definition) is 1. The summed E-state index contributed by atoms with van der Waals surface area (Å²) in [4.78, 5) is 10.2. The van der Waals surface area contributed by atoms with Crippen molar-refractivity contribution in [1.29, 1.82) is 0 Å². The summed E-state index contributed by atoms with van der Waals surface area (Å²) in [5.41, 5.74) is 0. The van der Waals surface area contributed by atoms with Gasteiger partial charge in [0, 0.05) is 11.4 Å². The van der Waals surface area contributed by atoms with Crippen molar-refractivity contribution in [2.45, 2.75) is 57.8 Å². The smallest absolute Gasteiger partial charge is 0.327 e. The summed E-state index contributed by atoms with van der Waals surface area (Å²) in [6, 6.07) is 0. The van der Waals surface area contributed by atoms with Crippen LogP contribution in [0.25, 0.3) is 0 Å². The molecule has 3 heteroatoms. The molecule has 0 bridgehead atoms. The molecule has 16 heavy (non-hydrogen) atoms. The van der Waals surface area contributed by atoms with Gasteiger partial charge in [-0.05, 0) is 19.3 Å². The van der Waals surface area contributed by atoms with E-state index in [9.17, 15) is 4.79 Å². The number of carboxylic acid groups (broad SMARTS) is 1. The molecule has 0 atom stereocenters. The Labute approximate surface area is 107 Å². The van der Waals surface area contributed by atoms with Gasteiger partial charge in [-0.1, -0.05) is 60.5 Å². The third kappa shape index (κ3) is 13.7. The van der Waals surface area contributed by atoms with Crippen LogP contribution in [-0.2, 0) is 4.79 Å². The van der Waals surface area contributed by atoms with Crippen LogP contribution in [0.4, 0.5) is 0 Å². The topological polar surface area (TPSA) is 37.3 Å². The monoisotopic (exact) mass is 290 g/mol. The number of allylic oxidation sites excluding steroid dienone is 1. The molecule has 0 aliphatic rings. The van der Waals surface area contributed by atoms with E-state index in [1.54, 1.807) is 6.08 Å². The zero-order valence-electron chi connectivity index (χ0n) is 9.96. The predicted molar refractivity (Wildman–Crippen MR) is 72.1 cm³/mol. The number of hydrogen-bond acceptors (Lipinski definition) is 1. The number of carbonyl (C=O) groups is 1. The van der Waals surface area contributed by atoms with Gasteiger partial charge in [0.25, 0.3) is 0 Å². The highest BCUT2D eigenvalue weighted by Crippen LogP contribution is 2.10. The molecule has 0 amide bonds. The molecule has 0 aliphatic carbocycles. The van der Waals surface area contributed by atoms with Crippen LogP contribution in [0.15, 0.2) is 12.2 Å². The van der Waals surface area contributed by atoms with Gasteiger partial charge in [0.2, 0.25) is 0 Å². The van der Waals surface area contributed by atoms with Gasteiger partial charge in [0.05, 0.1) is 0 Å². The second-order valence-corrected chi connectivity index (χ2v) is 4.84. The molecule has 0 heterocycles. The molecule has 0 unspecified atom stereocenters. The third-order valence-electron chi connectivity index (χ3n) is 2.51. The average molecular weight is 291 g/mol. The number of alkyl halides is 1. The maximum Gasteiger partial charge on any atom is 0.327 e. The van der Waals surface area contributed by atoms with Crippen LogP contribution in [-0.4, -0.2) is 16.4 Å². The molecule has 0 saturated carbocycles. The van der Waals surface area contributed by atoms with Gasteiger partial charge in [-0.15, -0.1) is 0 Å². The zero-order chi connectivity index (χ0) is 12.1. The molecule has 0 aliphatic heterocycles. The lowest BCUT2D eigenvalue weighted by Gasteiger charge is -2.00. The highest BCUT2D eigenvalue weighted by Gasteiger charge is 1.91. The molecule has 1 N–H and O–H groups in total. The molecule has 0 fully saturated rings. The molecule has 94 valence electrons. The van der Waals surface area contributed by atoms with E-state index >= 15 is 0 Å². The first kappa shape index (κ1) is 15.7. The van der Waals surface area contributed by atoms with E-state index in [-0.39, 0.29) is 0 Å². The molecular weight excluding hydrogens is 268 g/mol. The lowest BCUT2D eigenvalue weighted by atomic mass is 10.1. The first-order valence-corrected chi connectivity index (χ1v) is 7.35. The van der Waals surface area contributed by atoms with Gasteiger partial charge in [0.1, 0.15) is 0 Å². The highest BCUT2D eigenvalue weighted by molar-refractivity contribution is 9.09. The molecule has 0 aromatic rings. The first-order valence-electron chi connectivity index (χ1n) is 6.23. The van der Waals surface area contributed by atoms with E-state index < -0.39 is 5.97 Å². The molecule has 0 aromatic carbocycles. The van der Waals surface area contributed by atoms with E-state index in [2.05, 4.69) is 15.9 Å². The molecule has 0 aromatic heterocycles. The molecule has 2 nitrogen and oxygen atoms in total. The van der Waals surface area contributed by atoms with Crippen molar-refractivity contribution in [3.63, 3.8) is 0 Å². The molecular formula is C13H23BrO2. The Morgan fingerprint density at radius 1 is 0.938 bits per heavy atom. The van der Waals surface area contributed by atoms with Crippen molar-refractivity contribution < 1.29 is 9.90 Å². The Morgan fingerprint density at radius 3 is 1.94 bits per heavy atom. The summed E-state index contributed by atoms with van der Waals surface area (Å²) in [7, 11) is 0. The minimum Gasteiger partial charge on any atom is -0.478 e. The summed E-state index contributed by atoms with van der Waals surface area (Å²) >= 11 is 3.43. The summed E-state index contributed by atoms with van der Waals surface area (Å²) in [6.45, 7) is 0. The van der Waals surface area contributed by atoms with Crippen molar-refractivity contribution in [3.05, 3.63) is 12.2 Å². The fourth-order valence-electron chi connectivity index (χ4n) is 1.60. The number of unbranched alkanes of at least 4 members (excludes halogenated alkanes) is 8. The van der Waals surface area contributed by atoms with Gasteiger partial charge in [-0.3, -0.25) is 0 Å². The SMILES string of the molecule is O=C(O)C=CCCCCCCCCCCBr. The van der Waals surface area contributed by atoms with Crippen LogP contribution in [0.1, 0.15) is 57.8 Å². The van der Waals surface area contributed by atoms with Gasteiger partial charge < -0.3 is 5.11 Å². The lowest BCUT2D eigenvalue weighted by Crippen LogP contribution is -1.85. The zero-order valence-corrected chi connectivity index (χ0v) is 11.5. The normalized spacial score (nSPS) is 11.1. The van der Waals surface area contributed by atoms with Crippen LogP contribution < -0.4 is 0 Å². The second-order valence-electron chi connectivity index (χ2n) is 4.05.